The van der Waals surface area contributed by atoms with Gasteiger partial charge in [-0.3, -0.25) is 14.4 Å². The number of carbonyl (C=O) groups is 3. The van der Waals surface area contributed by atoms with Gasteiger partial charge in [-0.15, -0.1) is 0 Å². The normalized spacial score (nSPS) is 23.8. The molecule has 2 amide bonds. The smallest absolute Gasteiger partial charge is 0.355 e. The summed E-state index contributed by atoms with van der Waals surface area (Å²) < 4.78 is 54.4. The van der Waals surface area contributed by atoms with E-state index in [1.807, 2.05) is 0 Å². The first-order valence-corrected chi connectivity index (χ1v) is 13.2. The molecule has 1 aliphatic heterocycles. The Labute approximate surface area is 225 Å². The molecule has 2 N–H and O–H groups in total. The van der Waals surface area contributed by atoms with Crippen molar-refractivity contribution in [3.05, 3.63) is 70.8 Å². The Bertz CT molecular complexity index is 1190. The molecule has 1 unspecified atom stereocenters. The van der Waals surface area contributed by atoms with E-state index < -0.39 is 23.3 Å². The van der Waals surface area contributed by atoms with Gasteiger partial charge in [-0.25, -0.2) is 4.39 Å². The van der Waals surface area contributed by atoms with Crippen LogP contribution < -0.4 is 10.6 Å². The van der Waals surface area contributed by atoms with Gasteiger partial charge in [-0.1, -0.05) is 18.2 Å². The van der Waals surface area contributed by atoms with E-state index in [9.17, 15) is 27.6 Å². The maximum Gasteiger partial charge on any atom is 0.416 e. The Morgan fingerprint density at radius 2 is 1.67 bits per heavy atom. The van der Waals surface area contributed by atoms with Gasteiger partial charge in [0.2, 0.25) is 0 Å². The molecule has 0 radical (unpaired) electrons. The second-order valence-electron chi connectivity index (χ2n) is 10.5. The monoisotopic (exact) mass is 547 g/mol. The van der Waals surface area contributed by atoms with Gasteiger partial charge in [0.15, 0.2) is 5.78 Å². The van der Waals surface area contributed by atoms with E-state index in [1.54, 1.807) is 31.3 Å². The topological polar surface area (TPSA) is 78.5 Å². The lowest BCUT2D eigenvalue weighted by molar-refractivity contribution is -0.137. The van der Waals surface area contributed by atoms with Crippen LogP contribution in [0.2, 0.25) is 0 Å². The van der Waals surface area contributed by atoms with Crippen molar-refractivity contribution in [3.63, 3.8) is 0 Å². The van der Waals surface area contributed by atoms with E-state index in [0.29, 0.717) is 36.8 Å². The quantitative estimate of drug-likeness (QED) is 0.462. The summed E-state index contributed by atoms with van der Waals surface area (Å²) >= 11 is 0. The Kier molecular flexibility index (Phi) is 8.73. The van der Waals surface area contributed by atoms with Crippen LogP contribution in [-0.2, 0) is 16.6 Å². The average Bonchev–Trinajstić information content (AvgIpc) is 3.39. The highest BCUT2D eigenvalue weighted by molar-refractivity contribution is 5.97. The van der Waals surface area contributed by atoms with E-state index in [0.717, 1.165) is 37.7 Å². The van der Waals surface area contributed by atoms with Crippen molar-refractivity contribution in [1.82, 2.24) is 15.5 Å². The molecule has 6 nitrogen and oxygen atoms in total. The van der Waals surface area contributed by atoms with Crippen LogP contribution in [0.25, 0.3) is 0 Å². The van der Waals surface area contributed by atoms with Gasteiger partial charge in [0.25, 0.3) is 11.8 Å². The van der Waals surface area contributed by atoms with Crippen LogP contribution in [0.3, 0.4) is 0 Å². The lowest BCUT2D eigenvalue weighted by atomic mass is 9.78. The Hall–Kier alpha value is -3.27. The van der Waals surface area contributed by atoms with Crippen molar-refractivity contribution in [1.29, 1.82) is 0 Å². The van der Waals surface area contributed by atoms with Gasteiger partial charge < -0.3 is 15.5 Å². The molecule has 2 aromatic carbocycles. The third-order valence-corrected chi connectivity index (χ3v) is 7.89. The first-order chi connectivity index (χ1) is 18.5. The molecule has 1 atom stereocenters. The van der Waals surface area contributed by atoms with Crippen LogP contribution >= 0.6 is 0 Å². The minimum atomic E-state index is -4.55. The Balaban J connectivity index is 1.22. The zero-order chi connectivity index (χ0) is 28.2. The number of hydrogen-bond donors (Lipinski definition) is 2. The van der Waals surface area contributed by atoms with Crippen LogP contribution in [0.15, 0.2) is 48.5 Å². The van der Waals surface area contributed by atoms with E-state index in [4.69, 9.17) is 0 Å². The predicted octanol–water partition coefficient (Wildman–Crippen LogP) is 4.88. The molecule has 1 aliphatic carbocycles. The highest BCUT2D eigenvalue weighted by Crippen LogP contribution is 2.43. The Morgan fingerprint density at radius 1 is 0.974 bits per heavy atom. The number of nitrogens with one attached hydrogen (secondary N) is 2. The Morgan fingerprint density at radius 3 is 2.31 bits per heavy atom. The zero-order valence-corrected chi connectivity index (χ0v) is 21.8. The standard InChI is InChI=1S/C29H33F4N3O3/c1-34-26(38)20-5-7-22(8-6-20)28(30)12-9-24(10-13-28)36-14-11-19(18-36)15-25(37)17-35-27(39)21-3-2-4-23(16-21)29(31,32)33/h2-8,16,19,24H,9-15,17-18H2,1H3,(H,34,38)(H,35,39). The van der Waals surface area contributed by atoms with Gasteiger partial charge in [0.05, 0.1) is 12.1 Å². The fourth-order valence-corrected chi connectivity index (χ4v) is 5.65. The van der Waals surface area contributed by atoms with E-state index >= 15 is 4.39 Å². The maximum absolute atomic E-state index is 15.7. The number of amides is 2. The number of nitrogens with zero attached hydrogens (tertiary/aromatic N) is 1. The highest BCUT2D eigenvalue weighted by Gasteiger charge is 2.40. The number of ketones is 1. The molecule has 10 heteroatoms. The van der Waals surface area contributed by atoms with Gasteiger partial charge in [0.1, 0.15) is 5.67 Å². The van der Waals surface area contributed by atoms with Crippen LogP contribution in [0, 0.1) is 5.92 Å². The third-order valence-electron chi connectivity index (χ3n) is 7.89. The van der Waals surface area contributed by atoms with Crippen LogP contribution in [-0.4, -0.2) is 55.2 Å². The van der Waals surface area contributed by atoms with Crippen molar-refractivity contribution in [2.45, 2.75) is 56.4 Å². The van der Waals surface area contributed by atoms with Crippen molar-refractivity contribution >= 4 is 17.6 Å². The minimum Gasteiger partial charge on any atom is -0.355 e. The van der Waals surface area contributed by atoms with Crippen LogP contribution in [0.4, 0.5) is 17.6 Å². The van der Waals surface area contributed by atoms with Gasteiger partial charge in [-0.2, -0.15) is 13.2 Å². The lowest BCUT2D eigenvalue weighted by Gasteiger charge is -2.38. The second-order valence-corrected chi connectivity index (χ2v) is 10.5. The molecule has 1 saturated heterocycles. The van der Waals surface area contributed by atoms with Gasteiger partial charge in [-0.05, 0) is 80.5 Å². The second kappa shape index (κ2) is 11.9. The molecule has 1 saturated carbocycles. The molecule has 0 spiro atoms. The summed E-state index contributed by atoms with van der Waals surface area (Å²) in [7, 11) is 1.55. The fourth-order valence-electron chi connectivity index (χ4n) is 5.65. The lowest BCUT2D eigenvalue weighted by Crippen LogP contribution is -2.40. The molecular formula is C29H33F4N3O3. The molecule has 0 aromatic heterocycles. The summed E-state index contributed by atoms with van der Waals surface area (Å²) in [4.78, 5) is 38.8. The number of carbonyl (C=O) groups excluding carboxylic acids is 3. The number of likely N-dealkylation sites (tertiary alicyclic amines) is 1. The molecule has 1 heterocycles. The average molecular weight is 548 g/mol. The molecule has 39 heavy (non-hydrogen) atoms. The number of hydrogen-bond acceptors (Lipinski definition) is 4. The summed E-state index contributed by atoms with van der Waals surface area (Å²) in [5, 5.41) is 4.99. The summed E-state index contributed by atoms with van der Waals surface area (Å²) in [5.41, 5.74) is -1.41. The molecular weight excluding hydrogens is 514 g/mol. The SMILES string of the molecule is CNC(=O)c1ccc(C2(F)CCC(N3CCC(CC(=O)CNC(=O)c4cccc(C(F)(F)F)c4)C3)CC2)cc1. The van der Waals surface area contributed by atoms with Crippen LogP contribution in [0.5, 0.6) is 0 Å². The molecule has 2 fully saturated rings. The number of Topliss-reactive ketones (excluding diaryl/α,β-unsaturated/α-hetero) is 1. The van der Waals surface area contributed by atoms with Crippen LogP contribution in [0.1, 0.15) is 70.4 Å². The summed E-state index contributed by atoms with van der Waals surface area (Å²) in [6.45, 7) is 1.30. The summed E-state index contributed by atoms with van der Waals surface area (Å²) in [6, 6.07) is 11.0. The van der Waals surface area contributed by atoms with Gasteiger partial charge >= 0.3 is 6.18 Å². The highest BCUT2D eigenvalue weighted by atomic mass is 19.4. The number of halogens is 4. The zero-order valence-electron chi connectivity index (χ0n) is 21.8. The van der Waals surface area contributed by atoms with Crippen molar-refractivity contribution in [3.8, 4) is 0 Å². The number of alkyl halides is 4. The van der Waals surface area contributed by atoms with E-state index in [1.165, 1.54) is 6.07 Å². The van der Waals surface area contributed by atoms with E-state index in [2.05, 4.69) is 15.5 Å². The first kappa shape index (κ1) is 28.7. The van der Waals surface area contributed by atoms with Crippen molar-refractivity contribution in [2.75, 3.05) is 26.7 Å². The number of benzene rings is 2. The summed E-state index contributed by atoms with van der Waals surface area (Å²) in [5.74, 6) is -0.980. The summed E-state index contributed by atoms with van der Waals surface area (Å²) in [6.07, 6.45) is -1.29. The minimum absolute atomic E-state index is 0.122. The fraction of sp³-hybridized carbons (Fsp3) is 0.483. The molecule has 210 valence electrons. The van der Waals surface area contributed by atoms with Gasteiger partial charge in [0, 0.05) is 37.2 Å². The molecule has 2 aliphatic rings. The predicted molar refractivity (Wildman–Crippen MR) is 138 cm³/mol. The number of rotatable bonds is 8. The molecule has 4 rings (SSSR count). The van der Waals surface area contributed by atoms with E-state index in [-0.39, 0.29) is 42.2 Å². The largest absolute Gasteiger partial charge is 0.416 e. The van der Waals surface area contributed by atoms with Crippen molar-refractivity contribution < 1.29 is 31.9 Å². The molecule has 2 aromatic rings. The van der Waals surface area contributed by atoms with Crippen molar-refractivity contribution in [2.24, 2.45) is 5.92 Å². The molecule has 0 bridgehead atoms. The maximum atomic E-state index is 15.7. The first-order valence-electron chi connectivity index (χ1n) is 13.2. The third kappa shape index (κ3) is 7.03.